The van der Waals surface area contributed by atoms with Crippen LogP contribution in [0, 0.1) is 0 Å². The molecule has 0 spiro atoms. The third-order valence-corrected chi connectivity index (χ3v) is 4.19. The normalized spacial score (nSPS) is 21.4. The van der Waals surface area contributed by atoms with Gasteiger partial charge in [0.2, 0.25) is 17.7 Å². The summed E-state index contributed by atoms with van der Waals surface area (Å²) in [5, 5.41) is 31.8. The number of hydrogen-bond donors (Lipinski definition) is 6. The molecule has 1 saturated heterocycles. The lowest BCUT2D eigenvalue weighted by Gasteiger charge is -2.28. The van der Waals surface area contributed by atoms with Gasteiger partial charge in [-0.25, -0.2) is 4.79 Å². The molecule has 3 amide bonds. The number of nitrogens with two attached hydrogens (primary N) is 1. The van der Waals surface area contributed by atoms with Gasteiger partial charge in [0, 0.05) is 6.54 Å². The van der Waals surface area contributed by atoms with Gasteiger partial charge in [0.1, 0.15) is 24.2 Å². The summed E-state index contributed by atoms with van der Waals surface area (Å²) in [4.78, 5) is 48.8. The van der Waals surface area contributed by atoms with E-state index in [4.69, 9.17) is 15.9 Å². The molecule has 0 aromatic carbocycles. The first kappa shape index (κ1) is 21.8. The Bertz CT molecular complexity index is 554. The molecule has 1 aliphatic heterocycles. The lowest BCUT2D eigenvalue weighted by atomic mass is 10.1. The Morgan fingerprint density at radius 3 is 2.35 bits per heavy atom. The molecule has 5 atom stereocenters. The summed E-state index contributed by atoms with van der Waals surface area (Å²) >= 11 is 0. The van der Waals surface area contributed by atoms with E-state index in [1.54, 1.807) is 0 Å². The number of aliphatic hydroxyl groups excluding tert-OH is 2. The Balaban J connectivity index is 2.73. The van der Waals surface area contributed by atoms with Crippen molar-refractivity contribution in [3.8, 4) is 0 Å². The van der Waals surface area contributed by atoms with Gasteiger partial charge in [-0.05, 0) is 26.7 Å². The third-order valence-electron chi connectivity index (χ3n) is 4.19. The van der Waals surface area contributed by atoms with Crippen LogP contribution in [0.2, 0.25) is 0 Å². The number of carboxylic acid groups (broad SMARTS) is 1. The van der Waals surface area contributed by atoms with Gasteiger partial charge in [-0.2, -0.15) is 0 Å². The molecule has 0 radical (unpaired) electrons. The molecule has 0 bridgehead atoms. The standard InChI is InChI=1S/C15H26N4O7/c1-7(17-13(23)11(16)8(2)21)14(24)19-5-3-4-10(19)12(22)18-9(6-20)15(25)26/h7-11,20-21H,3-6,16H2,1-2H3,(H,17,23)(H,18,22)(H,25,26). The molecule has 7 N–H and O–H groups in total. The number of aliphatic carboxylic acids is 1. The summed E-state index contributed by atoms with van der Waals surface area (Å²) in [5.41, 5.74) is 5.51. The Morgan fingerprint density at radius 2 is 1.85 bits per heavy atom. The number of carbonyl (C=O) groups excluding carboxylic acids is 3. The Hall–Kier alpha value is -2.24. The quantitative estimate of drug-likeness (QED) is 0.256. The molecule has 11 heteroatoms. The van der Waals surface area contributed by atoms with E-state index in [0.29, 0.717) is 12.8 Å². The highest BCUT2D eigenvalue weighted by atomic mass is 16.4. The first-order valence-electron chi connectivity index (χ1n) is 8.28. The fourth-order valence-electron chi connectivity index (χ4n) is 2.60. The molecule has 0 aliphatic carbocycles. The second-order valence-corrected chi connectivity index (χ2v) is 6.27. The molecular weight excluding hydrogens is 348 g/mol. The molecule has 11 nitrogen and oxygen atoms in total. The van der Waals surface area contributed by atoms with E-state index in [9.17, 15) is 24.3 Å². The summed E-state index contributed by atoms with van der Waals surface area (Å²) in [5.74, 6) is -3.29. The van der Waals surface area contributed by atoms with Crippen molar-refractivity contribution in [1.82, 2.24) is 15.5 Å². The zero-order valence-electron chi connectivity index (χ0n) is 14.7. The van der Waals surface area contributed by atoms with E-state index in [0.717, 1.165) is 0 Å². The smallest absolute Gasteiger partial charge is 0.328 e. The number of nitrogens with one attached hydrogen (secondary N) is 2. The topological polar surface area (TPSA) is 182 Å². The number of hydrogen-bond acceptors (Lipinski definition) is 7. The number of carboxylic acids is 1. The van der Waals surface area contributed by atoms with Crippen molar-refractivity contribution < 1.29 is 34.5 Å². The van der Waals surface area contributed by atoms with Crippen LogP contribution >= 0.6 is 0 Å². The number of nitrogens with zero attached hydrogens (tertiary/aromatic N) is 1. The van der Waals surface area contributed by atoms with Crippen LogP contribution in [0.4, 0.5) is 0 Å². The molecule has 0 aromatic rings. The monoisotopic (exact) mass is 374 g/mol. The molecule has 1 rings (SSSR count). The highest BCUT2D eigenvalue weighted by Crippen LogP contribution is 2.18. The lowest BCUT2D eigenvalue weighted by Crippen LogP contribution is -2.57. The number of likely N-dealkylation sites (tertiary alicyclic amines) is 1. The highest BCUT2D eigenvalue weighted by molar-refractivity contribution is 5.94. The Labute approximate surface area is 150 Å². The van der Waals surface area contributed by atoms with Crippen LogP contribution < -0.4 is 16.4 Å². The predicted octanol–water partition coefficient (Wildman–Crippen LogP) is -3.25. The maximum absolute atomic E-state index is 12.5. The van der Waals surface area contributed by atoms with Gasteiger partial charge in [0.25, 0.3) is 0 Å². The van der Waals surface area contributed by atoms with Crippen LogP contribution in [0.15, 0.2) is 0 Å². The van der Waals surface area contributed by atoms with Gasteiger partial charge in [-0.1, -0.05) is 0 Å². The van der Waals surface area contributed by atoms with Crippen LogP contribution in [-0.2, 0) is 19.2 Å². The molecule has 0 saturated carbocycles. The summed E-state index contributed by atoms with van der Waals surface area (Å²) in [6.45, 7) is 2.27. The molecule has 1 fully saturated rings. The molecule has 1 heterocycles. The zero-order valence-corrected chi connectivity index (χ0v) is 14.7. The van der Waals surface area contributed by atoms with Crippen molar-refractivity contribution in [1.29, 1.82) is 0 Å². The van der Waals surface area contributed by atoms with E-state index in [1.165, 1.54) is 18.7 Å². The van der Waals surface area contributed by atoms with Crippen LogP contribution in [0.5, 0.6) is 0 Å². The van der Waals surface area contributed by atoms with E-state index >= 15 is 0 Å². The Morgan fingerprint density at radius 1 is 1.23 bits per heavy atom. The van der Waals surface area contributed by atoms with E-state index < -0.39 is 60.6 Å². The minimum Gasteiger partial charge on any atom is -0.480 e. The van der Waals surface area contributed by atoms with Gasteiger partial charge in [-0.3, -0.25) is 14.4 Å². The second kappa shape index (κ2) is 9.46. The van der Waals surface area contributed by atoms with Gasteiger partial charge in [0.05, 0.1) is 12.7 Å². The highest BCUT2D eigenvalue weighted by Gasteiger charge is 2.38. The maximum Gasteiger partial charge on any atom is 0.328 e. The fraction of sp³-hybridized carbons (Fsp3) is 0.733. The average molecular weight is 374 g/mol. The number of amides is 3. The zero-order chi connectivity index (χ0) is 20.0. The van der Waals surface area contributed by atoms with E-state index in [-0.39, 0.29) is 6.54 Å². The van der Waals surface area contributed by atoms with E-state index in [2.05, 4.69) is 10.6 Å². The SMILES string of the molecule is CC(NC(=O)C(N)C(C)O)C(=O)N1CCCC1C(=O)NC(CO)C(=O)O. The van der Waals surface area contributed by atoms with Gasteiger partial charge >= 0.3 is 5.97 Å². The lowest BCUT2D eigenvalue weighted by molar-refractivity contribution is -0.145. The molecule has 1 aliphatic rings. The van der Waals surface area contributed by atoms with Crippen molar-refractivity contribution in [2.24, 2.45) is 5.73 Å². The van der Waals surface area contributed by atoms with Crippen LogP contribution in [0.3, 0.4) is 0 Å². The minimum atomic E-state index is -1.46. The molecule has 148 valence electrons. The van der Waals surface area contributed by atoms with Crippen molar-refractivity contribution >= 4 is 23.7 Å². The number of carbonyl (C=O) groups is 4. The Kier molecular flexibility index (Phi) is 7.93. The van der Waals surface area contributed by atoms with Crippen LogP contribution in [-0.4, -0.2) is 87.3 Å². The largest absolute Gasteiger partial charge is 0.480 e. The van der Waals surface area contributed by atoms with Gasteiger partial charge in [-0.15, -0.1) is 0 Å². The van der Waals surface area contributed by atoms with Crippen molar-refractivity contribution in [3.63, 3.8) is 0 Å². The second-order valence-electron chi connectivity index (χ2n) is 6.27. The number of aliphatic hydroxyl groups is 2. The van der Waals surface area contributed by atoms with Crippen LogP contribution in [0.1, 0.15) is 26.7 Å². The predicted molar refractivity (Wildman–Crippen MR) is 88.6 cm³/mol. The number of rotatable bonds is 8. The average Bonchev–Trinajstić information content (AvgIpc) is 3.06. The van der Waals surface area contributed by atoms with E-state index in [1.807, 2.05) is 0 Å². The fourth-order valence-corrected chi connectivity index (χ4v) is 2.60. The van der Waals surface area contributed by atoms with Gasteiger partial charge in [0.15, 0.2) is 0 Å². The molecule has 26 heavy (non-hydrogen) atoms. The molecule has 5 unspecified atom stereocenters. The maximum atomic E-state index is 12.5. The molecular formula is C15H26N4O7. The summed E-state index contributed by atoms with van der Waals surface area (Å²) in [6, 6.07) is -4.51. The molecule has 0 aromatic heterocycles. The first-order valence-corrected chi connectivity index (χ1v) is 8.28. The van der Waals surface area contributed by atoms with Gasteiger partial charge < -0.3 is 36.6 Å². The van der Waals surface area contributed by atoms with Crippen molar-refractivity contribution in [2.75, 3.05) is 13.2 Å². The van der Waals surface area contributed by atoms with Crippen LogP contribution in [0.25, 0.3) is 0 Å². The minimum absolute atomic E-state index is 0.274. The third kappa shape index (κ3) is 5.38. The summed E-state index contributed by atoms with van der Waals surface area (Å²) < 4.78 is 0. The summed E-state index contributed by atoms with van der Waals surface area (Å²) in [6.07, 6.45) is -0.216. The first-order chi connectivity index (χ1) is 12.1. The summed E-state index contributed by atoms with van der Waals surface area (Å²) in [7, 11) is 0. The van der Waals surface area contributed by atoms with Crippen molar-refractivity contribution in [3.05, 3.63) is 0 Å². The van der Waals surface area contributed by atoms with Crippen molar-refractivity contribution in [2.45, 2.75) is 57.0 Å².